The highest BCUT2D eigenvalue weighted by atomic mass is 32.1. The van der Waals surface area contributed by atoms with Crippen LogP contribution in [-0.4, -0.2) is 11.1 Å². The Morgan fingerprint density at radius 3 is 1.80 bits per heavy atom. The van der Waals surface area contributed by atoms with E-state index in [0.29, 0.717) is 0 Å². The van der Waals surface area contributed by atoms with Crippen molar-refractivity contribution in [3.63, 3.8) is 0 Å². The first-order chi connectivity index (χ1) is 9.76. The molecule has 0 aliphatic carbocycles. The second-order valence-corrected chi connectivity index (χ2v) is 6.27. The minimum absolute atomic E-state index is 0.789. The van der Waals surface area contributed by atoms with Crippen molar-refractivity contribution in [2.24, 2.45) is 0 Å². The predicted molar refractivity (Wildman–Crippen MR) is 82.6 cm³/mol. The molecule has 1 aromatic carbocycles. The molecule has 0 amide bonds. The minimum atomic E-state index is -1.11. The van der Waals surface area contributed by atoms with Crippen molar-refractivity contribution in [2.45, 2.75) is 5.41 Å². The largest absolute Gasteiger partial charge is 0.480 e. The van der Waals surface area contributed by atoms with Gasteiger partial charge >= 0.3 is 5.97 Å². The van der Waals surface area contributed by atoms with E-state index in [9.17, 15) is 9.90 Å². The topological polar surface area (TPSA) is 37.3 Å². The summed E-state index contributed by atoms with van der Waals surface area (Å²) in [6, 6.07) is 17.0. The zero-order chi connectivity index (χ0) is 14.0. The summed E-state index contributed by atoms with van der Waals surface area (Å²) in [5, 5.41) is 13.9. The number of benzene rings is 1. The molecule has 0 fully saturated rings. The van der Waals surface area contributed by atoms with E-state index >= 15 is 0 Å². The van der Waals surface area contributed by atoms with E-state index in [-0.39, 0.29) is 0 Å². The number of rotatable bonds is 4. The van der Waals surface area contributed by atoms with Crippen LogP contribution in [0.5, 0.6) is 0 Å². The zero-order valence-electron chi connectivity index (χ0n) is 10.5. The lowest BCUT2D eigenvalue weighted by Gasteiger charge is -2.28. The highest BCUT2D eigenvalue weighted by molar-refractivity contribution is 7.12. The van der Waals surface area contributed by atoms with Gasteiger partial charge in [-0.1, -0.05) is 42.5 Å². The van der Waals surface area contributed by atoms with E-state index < -0.39 is 11.4 Å². The fraction of sp³-hybridized carbons (Fsp3) is 0.0625. The molecule has 3 rings (SSSR count). The summed E-state index contributed by atoms with van der Waals surface area (Å²) >= 11 is 2.95. The van der Waals surface area contributed by atoms with Crippen LogP contribution >= 0.6 is 22.7 Å². The second kappa shape index (κ2) is 5.23. The third-order valence-electron chi connectivity index (χ3n) is 3.31. The van der Waals surface area contributed by atoms with Gasteiger partial charge in [0.05, 0.1) is 0 Å². The summed E-state index contributed by atoms with van der Waals surface area (Å²) < 4.78 is 0. The number of thiophene rings is 2. The maximum Gasteiger partial charge on any atom is 0.324 e. The average Bonchev–Trinajstić information content (AvgIpc) is 3.14. The summed E-state index contributed by atoms with van der Waals surface area (Å²) in [6.45, 7) is 0. The molecule has 0 spiro atoms. The summed E-state index contributed by atoms with van der Waals surface area (Å²) in [5.41, 5.74) is -0.318. The second-order valence-electron chi connectivity index (χ2n) is 4.38. The maximum absolute atomic E-state index is 12.2. The predicted octanol–water partition coefficient (Wildman–Crippen LogP) is 4.23. The lowest BCUT2D eigenvalue weighted by Crippen LogP contribution is -2.36. The van der Waals surface area contributed by atoms with E-state index in [0.717, 1.165) is 15.3 Å². The molecule has 2 heterocycles. The van der Waals surface area contributed by atoms with Crippen LogP contribution in [0.1, 0.15) is 15.3 Å². The SMILES string of the molecule is O=C(O)C(c1ccccc1)(c1cccs1)c1cccs1. The van der Waals surface area contributed by atoms with Crippen LogP contribution in [-0.2, 0) is 10.2 Å². The first-order valence-corrected chi connectivity index (χ1v) is 7.89. The third kappa shape index (κ3) is 1.88. The fourth-order valence-corrected chi connectivity index (χ4v) is 4.38. The van der Waals surface area contributed by atoms with Gasteiger partial charge in [0.15, 0.2) is 5.41 Å². The molecule has 0 saturated carbocycles. The Morgan fingerprint density at radius 2 is 1.40 bits per heavy atom. The number of aliphatic carboxylic acids is 1. The molecule has 0 saturated heterocycles. The van der Waals surface area contributed by atoms with Crippen molar-refractivity contribution < 1.29 is 9.90 Å². The molecule has 20 heavy (non-hydrogen) atoms. The van der Waals surface area contributed by atoms with Crippen LogP contribution in [0, 0.1) is 0 Å². The molecule has 1 N–H and O–H groups in total. The van der Waals surface area contributed by atoms with Crippen molar-refractivity contribution in [2.75, 3.05) is 0 Å². The van der Waals surface area contributed by atoms with Gasteiger partial charge in [0.1, 0.15) is 0 Å². The van der Waals surface area contributed by atoms with Crippen molar-refractivity contribution in [3.05, 3.63) is 80.7 Å². The zero-order valence-corrected chi connectivity index (χ0v) is 12.2. The van der Waals surface area contributed by atoms with Gasteiger partial charge in [-0.2, -0.15) is 0 Å². The monoisotopic (exact) mass is 300 g/mol. The molecule has 0 bridgehead atoms. The first-order valence-electron chi connectivity index (χ1n) is 6.13. The van der Waals surface area contributed by atoms with Crippen molar-refractivity contribution in [1.82, 2.24) is 0 Å². The van der Waals surface area contributed by atoms with E-state index in [1.165, 1.54) is 22.7 Å². The lowest BCUT2D eigenvalue weighted by molar-refractivity contribution is -0.140. The maximum atomic E-state index is 12.2. The van der Waals surface area contributed by atoms with Crippen molar-refractivity contribution in [3.8, 4) is 0 Å². The molecule has 100 valence electrons. The van der Waals surface area contributed by atoms with Crippen LogP contribution in [0.2, 0.25) is 0 Å². The van der Waals surface area contributed by atoms with E-state index in [4.69, 9.17) is 0 Å². The van der Waals surface area contributed by atoms with Gasteiger partial charge in [-0.15, -0.1) is 22.7 Å². The number of carbonyl (C=O) groups is 1. The van der Waals surface area contributed by atoms with E-state index in [2.05, 4.69) is 0 Å². The Labute approximate surface area is 125 Å². The Hall–Kier alpha value is -1.91. The molecule has 4 heteroatoms. The summed E-state index contributed by atoms with van der Waals surface area (Å²) in [4.78, 5) is 13.9. The Balaban J connectivity index is 2.35. The van der Waals surface area contributed by atoms with Gasteiger partial charge in [-0.25, -0.2) is 0 Å². The first kappa shape index (κ1) is 13.1. The van der Waals surface area contributed by atoms with Gasteiger partial charge in [0, 0.05) is 9.75 Å². The molecule has 0 atom stereocenters. The molecular formula is C16H12O2S2. The van der Waals surface area contributed by atoms with Crippen LogP contribution in [0.4, 0.5) is 0 Å². The standard InChI is InChI=1S/C16H12O2S2/c17-15(18)16(13-8-4-10-19-13,14-9-5-11-20-14)12-6-2-1-3-7-12/h1-11H,(H,17,18). The van der Waals surface area contributed by atoms with Crippen LogP contribution in [0.15, 0.2) is 65.4 Å². The normalized spacial score (nSPS) is 11.4. The van der Waals surface area contributed by atoms with Gasteiger partial charge in [-0.05, 0) is 28.5 Å². The Morgan fingerprint density at radius 1 is 0.850 bits per heavy atom. The summed E-state index contributed by atoms with van der Waals surface area (Å²) in [7, 11) is 0. The van der Waals surface area contributed by atoms with Crippen molar-refractivity contribution in [1.29, 1.82) is 0 Å². The van der Waals surface area contributed by atoms with Crippen LogP contribution in [0.3, 0.4) is 0 Å². The van der Waals surface area contributed by atoms with Gasteiger partial charge in [-0.3, -0.25) is 4.79 Å². The smallest absolute Gasteiger partial charge is 0.324 e. The number of carboxylic acids is 1. The van der Waals surface area contributed by atoms with Crippen LogP contribution < -0.4 is 0 Å². The molecular weight excluding hydrogens is 288 g/mol. The Bertz CT molecular complexity index is 651. The molecule has 3 aromatic rings. The Kier molecular flexibility index (Phi) is 3.42. The van der Waals surface area contributed by atoms with Crippen LogP contribution in [0.25, 0.3) is 0 Å². The van der Waals surface area contributed by atoms with Gasteiger partial charge in [0.25, 0.3) is 0 Å². The molecule has 2 nitrogen and oxygen atoms in total. The quantitative estimate of drug-likeness (QED) is 0.783. The summed E-state index contributed by atoms with van der Waals surface area (Å²) in [5.74, 6) is -0.839. The molecule has 0 unspecified atom stereocenters. The van der Waals surface area contributed by atoms with E-state index in [1.807, 2.05) is 65.4 Å². The molecule has 0 radical (unpaired) electrons. The number of hydrogen-bond acceptors (Lipinski definition) is 3. The molecule has 0 aliphatic rings. The molecule has 2 aromatic heterocycles. The minimum Gasteiger partial charge on any atom is -0.480 e. The number of carboxylic acid groups (broad SMARTS) is 1. The highest BCUT2D eigenvalue weighted by Crippen LogP contribution is 2.43. The molecule has 0 aliphatic heterocycles. The highest BCUT2D eigenvalue weighted by Gasteiger charge is 2.45. The third-order valence-corrected chi connectivity index (χ3v) is 5.29. The lowest BCUT2D eigenvalue weighted by atomic mass is 9.77. The fourth-order valence-electron chi connectivity index (χ4n) is 2.41. The number of hydrogen-bond donors (Lipinski definition) is 1. The van der Waals surface area contributed by atoms with Crippen molar-refractivity contribution >= 4 is 28.6 Å². The van der Waals surface area contributed by atoms with Gasteiger partial charge < -0.3 is 5.11 Å². The average molecular weight is 300 g/mol. The van der Waals surface area contributed by atoms with E-state index in [1.54, 1.807) is 0 Å². The van der Waals surface area contributed by atoms with Gasteiger partial charge in [0.2, 0.25) is 0 Å². The summed E-state index contributed by atoms with van der Waals surface area (Å²) in [6.07, 6.45) is 0.